The van der Waals surface area contributed by atoms with Gasteiger partial charge in [0.25, 0.3) is 0 Å². The number of hydrogen-bond acceptors (Lipinski definition) is 5. The predicted molar refractivity (Wildman–Crippen MR) is 107 cm³/mol. The summed E-state index contributed by atoms with van der Waals surface area (Å²) in [6, 6.07) is 16.4. The van der Waals surface area contributed by atoms with Crippen LogP contribution in [-0.2, 0) is 0 Å². The van der Waals surface area contributed by atoms with Gasteiger partial charge >= 0.3 is 0 Å². The van der Waals surface area contributed by atoms with E-state index >= 15 is 0 Å². The number of hydrogen-bond donors (Lipinski definition) is 2. The first kappa shape index (κ1) is 16.5. The van der Waals surface area contributed by atoms with Crippen molar-refractivity contribution in [2.24, 2.45) is 5.73 Å². The zero-order valence-electron chi connectivity index (χ0n) is 15.1. The largest absolute Gasteiger partial charge is 0.494 e. The van der Waals surface area contributed by atoms with Gasteiger partial charge in [-0.2, -0.15) is 0 Å². The Kier molecular flexibility index (Phi) is 4.31. The van der Waals surface area contributed by atoms with Crippen LogP contribution in [0.25, 0.3) is 10.8 Å². The molecular weight excluding hydrogens is 326 g/mol. The van der Waals surface area contributed by atoms with E-state index in [-0.39, 0.29) is 0 Å². The zero-order chi connectivity index (χ0) is 18.1. The first-order valence-electron chi connectivity index (χ1n) is 8.81. The molecule has 134 valence electrons. The van der Waals surface area contributed by atoms with Gasteiger partial charge in [0.2, 0.25) is 0 Å². The van der Waals surface area contributed by atoms with Crippen molar-refractivity contribution < 1.29 is 9.47 Å². The van der Waals surface area contributed by atoms with Crippen molar-refractivity contribution in [2.45, 2.75) is 6.42 Å². The van der Waals surface area contributed by atoms with Crippen molar-refractivity contribution in [3.05, 3.63) is 48.5 Å². The van der Waals surface area contributed by atoms with Gasteiger partial charge < -0.3 is 25.4 Å². The highest BCUT2D eigenvalue weighted by atomic mass is 16.5. The number of nitrogens with zero attached hydrogens (tertiary/aromatic N) is 1. The Morgan fingerprint density at radius 3 is 2.69 bits per heavy atom. The van der Waals surface area contributed by atoms with Crippen LogP contribution in [0.4, 0.5) is 17.1 Å². The van der Waals surface area contributed by atoms with Crippen LogP contribution in [0.5, 0.6) is 17.2 Å². The summed E-state index contributed by atoms with van der Waals surface area (Å²) >= 11 is 0. The molecule has 5 nitrogen and oxygen atoms in total. The number of fused-ring (bicyclic) bond motifs is 4. The fraction of sp³-hybridized carbons (Fsp3) is 0.238. The molecule has 0 radical (unpaired) electrons. The van der Waals surface area contributed by atoms with Crippen LogP contribution in [0.2, 0.25) is 0 Å². The Morgan fingerprint density at radius 2 is 1.88 bits per heavy atom. The van der Waals surface area contributed by atoms with Crippen LogP contribution >= 0.6 is 0 Å². The van der Waals surface area contributed by atoms with Crippen molar-refractivity contribution in [1.29, 1.82) is 0 Å². The Hall–Kier alpha value is -2.92. The molecular formula is C21H23N3O2. The first-order chi connectivity index (χ1) is 12.7. The number of nitrogens with one attached hydrogen (secondary N) is 1. The number of rotatable bonds is 5. The second-order valence-corrected chi connectivity index (χ2v) is 6.61. The lowest BCUT2D eigenvalue weighted by Crippen LogP contribution is -2.10. The quantitative estimate of drug-likeness (QED) is 0.520. The topological polar surface area (TPSA) is 59.8 Å². The van der Waals surface area contributed by atoms with Crippen LogP contribution in [0.3, 0.4) is 0 Å². The second kappa shape index (κ2) is 6.77. The summed E-state index contributed by atoms with van der Waals surface area (Å²) in [6.07, 6.45) is 0.841. The Labute approximate surface area is 153 Å². The van der Waals surface area contributed by atoms with Gasteiger partial charge in [-0.05, 0) is 48.7 Å². The standard InChI is InChI=1S/C21H23N3O2/c1-24(2)15-6-8-18-20(12-15)26-19-9-5-14-4-7-16(25-11-3-10-22)13-17(14)21(19)23-18/h4-9,12-13,23H,3,10-11,22H2,1-2H3. The highest BCUT2D eigenvalue weighted by Crippen LogP contribution is 2.46. The molecule has 26 heavy (non-hydrogen) atoms. The van der Waals surface area contributed by atoms with Gasteiger partial charge in [0.05, 0.1) is 18.0 Å². The fourth-order valence-electron chi connectivity index (χ4n) is 3.09. The zero-order valence-corrected chi connectivity index (χ0v) is 15.1. The minimum absolute atomic E-state index is 0.622. The van der Waals surface area contributed by atoms with Crippen molar-refractivity contribution in [3.63, 3.8) is 0 Å². The third kappa shape index (κ3) is 3.02. The van der Waals surface area contributed by atoms with E-state index in [2.05, 4.69) is 34.5 Å². The molecule has 1 aliphatic rings. The molecule has 0 bridgehead atoms. The molecule has 3 N–H and O–H groups in total. The van der Waals surface area contributed by atoms with Crippen LogP contribution in [0.15, 0.2) is 48.5 Å². The summed E-state index contributed by atoms with van der Waals surface area (Å²) in [5.41, 5.74) is 8.57. The number of anilines is 3. The van der Waals surface area contributed by atoms with Crippen LogP contribution in [0.1, 0.15) is 6.42 Å². The maximum absolute atomic E-state index is 6.17. The van der Waals surface area contributed by atoms with Gasteiger partial charge in [-0.1, -0.05) is 12.1 Å². The van der Waals surface area contributed by atoms with E-state index in [0.29, 0.717) is 13.2 Å². The van der Waals surface area contributed by atoms with Crippen LogP contribution < -0.4 is 25.4 Å². The monoisotopic (exact) mass is 349 g/mol. The average molecular weight is 349 g/mol. The Bertz CT molecular complexity index is 953. The van der Waals surface area contributed by atoms with E-state index in [1.165, 1.54) is 0 Å². The minimum Gasteiger partial charge on any atom is -0.494 e. The van der Waals surface area contributed by atoms with E-state index < -0.39 is 0 Å². The smallest absolute Gasteiger partial charge is 0.153 e. The van der Waals surface area contributed by atoms with Gasteiger partial charge in [-0.25, -0.2) is 0 Å². The third-order valence-corrected chi connectivity index (χ3v) is 4.53. The Balaban J connectivity index is 1.71. The lowest BCUT2D eigenvalue weighted by molar-refractivity contribution is 0.314. The molecule has 0 aromatic heterocycles. The maximum Gasteiger partial charge on any atom is 0.153 e. The van der Waals surface area contributed by atoms with Gasteiger partial charge in [0.1, 0.15) is 5.75 Å². The van der Waals surface area contributed by atoms with Gasteiger partial charge in [0, 0.05) is 31.2 Å². The van der Waals surface area contributed by atoms with E-state index in [9.17, 15) is 0 Å². The molecule has 1 heterocycles. The molecule has 0 spiro atoms. The molecule has 0 unspecified atom stereocenters. The molecule has 3 aromatic rings. The van der Waals surface area contributed by atoms with Gasteiger partial charge in [-0.15, -0.1) is 0 Å². The molecule has 0 atom stereocenters. The molecule has 4 rings (SSSR count). The average Bonchev–Trinajstić information content (AvgIpc) is 2.66. The summed E-state index contributed by atoms with van der Waals surface area (Å²) in [5, 5.41) is 5.74. The Morgan fingerprint density at radius 1 is 1.04 bits per heavy atom. The highest BCUT2D eigenvalue weighted by Gasteiger charge is 2.19. The van der Waals surface area contributed by atoms with Crippen molar-refractivity contribution in [2.75, 3.05) is 37.5 Å². The highest BCUT2D eigenvalue weighted by molar-refractivity contribution is 6.01. The molecule has 0 saturated heterocycles. The predicted octanol–water partition coefficient (Wildman–Crippen LogP) is 4.48. The summed E-state index contributed by atoms with van der Waals surface area (Å²) in [4.78, 5) is 2.06. The lowest BCUT2D eigenvalue weighted by atomic mass is 10.1. The SMILES string of the molecule is CN(C)c1ccc2c(c1)Oc1ccc3ccc(OCCCN)cc3c1N2. The summed E-state index contributed by atoms with van der Waals surface area (Å²) in [5.74, 6) is 2.49. The first-order valence-corrected chi connectivity index (χ1v) is 8.81. The van der Waals surface area contributed by atoms with E-state index in [0.717, 1.165) is 51.5 Å². The molecule has 5 heteroatoms. The third-order valence-electron chi connectivity index (χ3n) is 4.53. The number of nitrogens with two attached hydrogens (primary N) is 1. The van der Waals surface area contributed by atoms with Crippen LogP contribution in [0, 0.1) is 0 Å². The summed E-state index contributed by atoms with van der Waals surface area (Å²) in [7, 11) is 4.04. The molecule has 0 fully saturated rings. The van der Waals surface area contributed by atoms with E-state index in [1.54, 1.807) is 0 Å². The summed E-state index contributed by atoms with van der Waals surface area (Å²) < 4.78 is 12.0. The van der Waals surface area contributed by atoms with Crippen molar-refractivity contribution in [1.82, 2.24) is 0 Å². The van der Waals surface area contributed by atoms with Crippen LogP contribution in [-0.4, -0.2) is 27.2 Å². The fourth-order valence-corrected chi connectivity index (χ4v) is 3.09. The minimum atomic E-state index is 0.622. The lowest BCUT2D eigenvalue weighted by Gasteiger charge is -2.25. The normalized spacial score (nSPS) is 12.0. The van der Waals surface area contributed by atoms with E-state index in [4.69, 9.17) is 15.2 Å². The van der Waals surface area contributed by atoms with Crippen molar-refractivity contribution >= 4 is 27.8 Å². The van der Waals surface area contributed by atoms with E-state index in [1.807, 2.05) is 38.4 Å². The summed E-state index contributed by atoms with van der Waals surface area (Å²) in [6.45, 7) is 1.25. The van der Waals surface area contributed by atoms with Gasteiger partial charge in [0.15, 0.2) is 11.5 Å². The molecule has 0 aliphatic carbocycles. The number of benzene rings is 3. The maximum atomic E-state index is 6.17. The molecule has 1 aliphatic heterocycles. The molecule has 0 saturated carbocycles. The number of ether oxygens (including phenoxy) is 2. The van der Waals surface area contributed by atoms with Crippen molar-refractivity contribution in [3.8, 4) is 17.2 Å². The molecule has 0 amide bonds. The van der Waals surface area contributed by atoms with Gasteiger partial charge in [-0.3, -0.25) is 0 Å². The second-order valence-electron chi connectivity index (χ2n) is 6.61. The molecule has 3 aromatic carbocycles.